The number of benzene rings is 1. The second-order valence-electron chi connectivity index (χ2n) is 3.30. The Kier molecular flexibility index (Phi) is 3.01. The average Bonchev–Trinajstić information content (AvgIpc) is 2.69. The molecule has 0 unspecified atom stereocenters. The molecule has 0 radical (unpaired) electrons. The standard InChI is InChI=1S/C11H8ClFN2O2/c12-10-4-3-9(17-10)11(16)15-8-2-1-6(14)5-7(8)13/h1-5H,14H2,(H,15,16). The number of rotatable bonds is 2. The number of amides is 1. The van der Waals surface area contributed by atoms with Crippen LogP contribution in [-0.4, -0.2) is 5.91 Å². The van der Waals surface area contributed by atoms with Gasteiger partial charge in [-0.2, -0.15) is 0 Å². The Bertz CT molecular complexity index is 568. The Labute approximate surface area is 101 Å². The fourth-order valence-corrected chi connectivity index (χ4v) is 1.40. The molecule has 1 heterocycles. The minimum Gasteiger partial charge on any atom is -0.440 e. The number of hydrogen-bond acceptors (Lipinski definition) is 3. The molecular formula is C11H8ClFN2O2. The van der Waals surface area contributed by atoms with E-state index < -0.39 is 11.7 Å². The van der Waals surface area contributed by atoms with E-state index in [9.17, 15) is 9.18 Å². The number of furan rings is 1. The van der Waals surface area contributed by atoms with E-state index >= 15 is 0 Å². The summed E-state index contributed by atoms with van der Waals surface area (Å²) in [6.07, 6.45) is 0. The topological polar surface area (TPSA) is 68.3 Å². The third kappa shape index (κ3) is 2.57. The van der Waals surface area contributed by atoms with E-state index in [2.05, 4.69) is 5.32 Å². The molecule has 0 bridgehead atoms. The van der Waals surface area contributed by atoms with Crippen molar-refractivity contribution in [1.82, 2.24) is 0 Å². The van der Waals surface area contributed by atoms with Crippen molar-refractivity contribution in [1.29, 1.82) is 0 Å². The summed E-state index contributed by atoms with van der Waals surface area (Å²) < 4.78 is 18.3. The third-order valence-corrected chi connectivity index (χ3v) is 2.24. The highest BCUT2D eigenvalue weighted by atomic mass is 35.5. The Morgan fingerprint density at radius 3 is 2.71 bits per heavy atom. The maximum atomic E-state index is 13.4. The summed E-state index contributed by atoms with van der Waals surface area (Å²) in [7, 11) is 0. The van der Waals surface area contributed by atoms with E-state index in [1.165, 1.54) is 24.3 Å². The molecule has 17 heavy (non-hydrogen) atoms. The first-order valence-corrected chi connectivity index (χ1v) is 5.06. The molecule has 0 saturated heterocycles. The van der Waals surface area contributed by atoms with Crippen molar-refractivity contribution in [2.24, 2.45) is 0 Å². The number of carbonyl (C=O) groups excluding carboxylic acids is 1. The van der Waals surface area contributed by atoms with Gasteiger partial charge in [0, 0.05) is 5.69 Å². The summed E-state index contributed by atoms with van der Waals surface area (Å²) in [5, 5.41) is 2.44. The number of halogens is 2. The van der Waals surface area contributed by atoms with Crippen LogP contribution in [0.3, 0.4) is 0 Å². The van der Waals surface area contributed by atoms with Crippen molar-refractivity contribution in [3.8, 4) is 0 Å². The molecule has 4 nitrogen and oxygen atoms in total. The summed E-state index contributed by atoms with van der Waals surface area (Å²) in [5.41, 5.74) is 5.69. The van der Waals surface area contributed by atoms with Crippen LogP contribution in [0.1, 0.15) is 10.6 Å². The number of nitrogen functional groups attached to an aromatic ring is 1. The molecule has 2 rings (SSSR count). The lowest BCUT2D eigenvalue weighted by Gasteiger charge is -2.04. The van der Waals surface area contributed by atoms with Crippen LogP contribution in [-0.2, 0) is 0 Å². The van der Waals surface area contributed by atoms with E-state index in [0.717, 1.165) is 6.07 Å². The summed E-state index contributed by atoms with van der Waals surface area (Å²) >= 11 is 5.52. The molecular weight excluding hydrogens is 247 g/mol. The van der Waals surface area contributed by atoms with Gasteiger partial charge in [-0.05, 0) is 41.9 Å². The largest absolute Gasteiger partial charge is 0.440 e. The van der Waals surface area contributed by atoms with E-state index in [4.69, 9.17) is 21.8 Å². The number of hydrogen-bond donors (Lipinski definition) is 2. The van der Waals surface area contributed by atoms with Crippen LogP contribution in [0.2, 0.25) is 5.22 Å². The molecule has 0 aliphatic rings. The Hall–Kier alpha value is -2.01. The van der Waals surface area contributed by atoms with Crippen LogP contribution in [0.25, 0.3) is 0 Å². The van der Waals surface area contributed by atoms with Gasteiger partial charge in [0.05, 0.1) is 5.69 Å². The molecule has 0 atom stereocenters. The summed E-state index contributed by atoms with van der Waals surface area (Å²) in [6, 6.07) is 6.79. The van der Waals surface area contributed by atoms with Gasteiger partial charge in [0.2, 0.25) is 0 Å². The van der Waals surface area contributed by atoms with Gasteiger partial charge in [0.1, 0.15) is 5.82 Å². The van der Waals surface area contributed by atoms with Gasteiger partial charge in [0.25, 0.3) is 5.91 Å². The van der Waals surface area contributed by atoms with Crippen molar-refractivity contribution in [2.75, 3.05) is 11.1 Å². The number of nitrogens with two attached hydrogens (primary N) is 1. The molecule has 1 aromatic carbocycles. The minimum absolute atomic E-state index is 0.00576. The fraction of sp³-hybridized carbons (Fsp3) is 0. The Morgan fingerprint density at radius 2 is 2.12 bits per heavy atom. The molecule has 2 aromatic rings. The predicted octanol–water partition coefficient (Wildman–Crippen LogP) is 2.91. The minimum atomic E-state index is -0.615. The SMILES string of the molecule is Nc1ccc(NC(=O)c2ccc(Cl)o2)c(F)c1. The second kappa shape index (κ2) is 4.47. The Balaban J connectivity index is 2.18. The van der Waals surface area contributed by atoms with E-state index in [-0.39, 0.29) is 22.4 Å². The van der Waals surface area contributed by atoms with Gasteiger partial charge in [-0.25, -0.2) is 4.39 Å². The van der Waals surface area contributed by atoms with Crippen molar-refractivity contribution in [2.45, 2.75) is 0 Å². The van der Waals surface area contributed by atoms with Crippen LogP contribution in [0.5, 0.6) is 0 Å². The average molecular weight is 255 g/mol. The predicted molar refractivity (Wildman–Crippen MR) is 62.5 cm³/mol. The first-order chi connectivity index (χ1) is 8.06. The van der Waals surface area contributed by atoms with Gasteiger partial charge in [0.15, 0.2) is 11.0 Å². The van der Waals surface area contributed by atoms with Gasteiger partial charge in [-0.3, -0.25) is 4.79 Å². The lowest BCUT2D eigenvalue weighted by atomic mass is 10.2. The van der Waals surface area contributed by atoms with Gasteiger partial charge in [-0.1, -0.05) is 0 Å². The molecule has 0 fully saturated rings. The van der Waals surface area contributed by atoms with Crippen LogP contribution in [0.4, 0.5) is 15.8 Å². The zero-order chi connectivity index (χ0) is 12.4. The fourth-order valence-electron chi connectivity index (χ4n) is 1.25. The zero-order valence-electron chi connectivity index (χ0n) is 8.54. The highest BCUT2D eigenvalue weighted by Crippen LogP contribution is 2.19. The molecule has 0 spiro atoms. The molecule has 88 valence electrons. The normalized spacial score (nSPS) is 10.2. The molecule has 0 saturated carbocycles. The number of nitrogens with one attached hydrogen (secondary N) is 1. The summed E-state index contributed by atoms with van der Waals surface area (Å²) in [6.45, 7) is 0. The van der Waals surface area contributed by atoms with Gasteiger partial charge >= 0.3 is 0 Å². The van der Waals surface area contributed by atoms with Gasteiger partial charge in [-0.15, -0.1) is 0 Å². The van der Waals surface area contributed by atoms with E-state index in [1.54, 1.807) is 0 Å². The van der Waals surface area contributed by atoms with Crippen molar-refractivity contribution >= 4 is 28.9 Å². The lowest BCUT2D eigenvalue weighted by Crippen LogP contribution is -2.12. The molecule has 1 amide bonds. The summed E-state index contributed by atoms with van der Waals surface area (Å²) in [4.78, 5) is 11.6. The second-order valence-corrected chi connectivity index (χ2v) is 3.67. The summed E-state index contributed by atoms with van der Waals surface area (Å²) in [5.74, 6) is -1.19. The zero-order valence-corrected chi connectivity index (χ0v) is 9.29. The van der Waals surface area contributed by atoms with Crippen LogP contribution >= 0.6 is 11.6 Å². The molecule has 0 aliphatic carbocycles. The number of carbonyl (C=O) groups is 1. The quantitative estimate of drug-likeness (QED) is 0.810. The van der Waals surface area contributed by atoms with Crippen LogP contribution in [0.15, 0.2) is 34.7 Å². The molecule has 6 heteroatoms. The monoisotopic (exact) mass is 254 g/mol. The lowest BCUT2D eigenvalue weighted by molar-refractivity contribution is 0.0996. The number of anilines is 2. The first kappa shape index (κ1) is 11.5. The van der Waals surface area contributed by atoms with E-state index in [0.29, 0.717) is 0 Å². The van der Waals surface area contributed by atoms with Crippen LogP contribution < -0.4 is 11.1 Å². The maximum Gasteiger partial charge on any atom is 0.291 e. The van der Waals surface area contributed by atoms with Crippen molar-refractivity contribution < 1.29 is 13.6 Å². The Morgan fingerprint density at radius 1 is 1.35 bits per heavy atom. The molecule has 0 aliphatic heterocycles. The van der Waals surface area contributed by atoms with Crippen LogP contribution in [0, 0.1) is 5.82 Å². The first-order valence-electron chi connectivity index (χ1n) is 4.68. The van der Waals surface area contributed by atoms with E-state index in [1.807, 2.05) is 0 Å². The molecule has 3 N–H and O–H groups in total. The third-order valence-electron chi connectivity index (χ3n) is 2.04. The van der Waals surface area contributed by atoms with Gasteiger partial charge < -0.3 is 15.5 Å². The van der Waals surface area contributed by atoms with Crippen molar-refractivity contribution in [3.05, 3.63) is 47.1 Å². The smallest absolute Gasteiger partial charge is 0.291 e. The highest BCUT2D eigenvalue weighted by Gasteiger charge is 2.12. The molecule has 1 aromatic heterocycles. The maximum absolute atomic E-state index is 13.4. The highest BCUT2D eigenvalue weighted by molar-refractivity contribution is 6.29. The van der Waals surface area contributed by atoms with Crippen molar-refractivity contribution in [3.63, 3.8) is 0 Å².